The highest BCUT2D eigenvalue weighted by molar-refractivity contribution is 6.33. The van der Waals surface area contributed by atoms with E-state index in [9.17, 15) is 24.8 Å². The van der Waals surface area contributed by atoms with E-state index in [-0.39, 0.29) is 10.9 Å². The average Bonchev–Trinajstić information content (AvgIpc) is 3.26. The van der Waals surface area contributed by atoms with Crippen molar-refractivity contribution in [3.05, 3.63) is 54.4 Å². The van der Waals surface area contributed by atoms with Gasteiger partial charge in [-0.25, -0.2) is 4.79 Å². The number of rotatable bonds is 3. The molecule has 2 aromatic heterocycles. The number of aromatic nitrogens is 1. The lowest BCUT2D eigenvalue weighted by molar-refractivity contribution is -0.385. The van der Waals surface area contributed by atoms with Crippen LogP contribution in [0, 0.1) is 17.0 Å². The molecule has 1 aliphatic rings. The molecule has 3 rings (SSSR count). The Kier molecular flexibility index (Phi) is 3.17. The molecule has 0 aliphatic heterocycles. The fourth-order valence-electron chi connectivity index (χ4n) is 2.64. The van der Waals surface area contributed by atoms with Crippen LogP contribution in [0.15, 0.2) is 17.1 Å². The molecule has 0 unspecified atom stereocenters. The van der Waals surface area contributed by atoms with E-state index in [0.29, 0.717) is 16.6 Å². The Morgan fingerprint density at radius 3 is 2.64 bits per heavy atom. The Morgan fingerprint density at radius 2 is 2.14 bits per heavy atom. The number of carbonyl (C=O) groups is 1. The van der Waals surface area contributed by atoms with Crippen molar-refractivity contribution in [1.29, 1.82) is 0 Å². The fraction of sp³-hybridized carbons (Fsp3) is 0.286. The maximum Gasteiger partial charge on any atom is 0.341 e. The van der Waals surface area contributed by atoms with Crippen LogP contribution in [-0.2, 0) is 0 Å². The van der Waals surface area contributed by atoms with Crippen LogP contribution in [0.4, 0.5) is 5.69 Å². The second-order valence-electron chi connectivity index (χ2n) is 5.33. The van der Waals surface area contributed by atoms with Gasteiger partial charge in [0.25, 0.3) is 5.56 Å². The summed E-state index contributed by atoms with van der Waals surface area (Å²) in [6, 6.07) is 1.37. The van der Waals surface area contributed by atoms with Gasteiger partial charge >= 0.3 is 11.7 Å². The molecule has 8 heteroatoms. The minimum Gasteiger partial charge on any atom is -0.477 e. The third-order valence-electron chi connectivity index (χ3n) is 3.87. The van der Waals surface area contributed by atoms with Gasteiger partial charge in [0, 0.05) is 0 Å². The summed E-state index contributed by atoms with van der Waals surface area (Å²) >= 11 is 6.05. The smallest absolute Gasteiger partial charge is 0.341 e. The number of nitrogens with zero attached hydrogens (tertiary/aromatic N) is 2. The summed E-state index contributed by atoms with van der Waals surface area (Å²) in [5, 5.41) is 20.2. The minimum absolute atomic E-state index is 0.0330. The van der Waals surface area contributed by atoms with Gasteiger partial charge in [0.15, 0.2) is 0 Å². The van der Waals surface area contributed by atoms with Gasteiger partial charge in [0.05, 0.1) is 16.6 Å². The largest absolute Gasteiger partial charge is 0.477 e. The lowest BCUT2D eigenvalue weighted by Crippen LogP contribution is -2.24. The first-order chi connectivity index (χ1) is 10.3. The molecule has 114 valence electrons. The molecule has 1 saturated carbocycles. The Bertz CT molecular complexity index is 898. The van der Waals surface area contributed by atoms with Crippen LogP contribution < -0.4 is 5.56 Å². The number of carboxylic acid groups (broad SMARTS) is 1. The molecule has 0 spiro atoms. The van der Waals surface area contributed by atoms with Gasteiger partial charge in [-0.15, -0.1) is 0 Å². The van der Waals surface area contributed by atoms with Crippen LogP contribution in [0.5, 0.6) is 0 Å². The van der Waals surface area contributed by atoms with Gasteiger partial charge in [-0.05, 0) is 42.9 Å². The molecule has 0 amide bonds. The molecule has 0 bridgehead atoms. The number of nitro groups is 1. The molecule has 22 heavy (non-hydrogen) atoms. The summed E-state index contributed by atoms with van der Waals surface area (Å²) in [6.07, 6.45) is 2.78. The van der Waals surface area contributed by atoms with Crippen LogP contribution in [0.2, 0.25) is 5.02 Å². The number of fused-ring (bicyclic) bond motifs is 1. The van der Waals surface area contributed by atoms with E-state index in [0.717, 1.165) is 23.4 Å². The van der Waals surface area contributed by atoms with E-state index < -0.39 is 27.7 Å². The Hall–Kier alpha value is -2.41. The zero-order valence-corrected chi connectivity index (χ0v) is 12.3. The van der Waals surface area contributed by atoms with E-state index >= 15 is 0 Å². The van der Waals surface area contributed by atoms with Gasteiger partial charge in [0.2, 0.25) is 0 Å². The van der Waals surface area contributed by atoms with E-state index in [2.05, 4.69) is 0 Å². The molecule has 0 atom stereocenters. The van der Waals surface area contributed by atoms with Crippen molar-refractivity contribution in [3.63, 3.8) is 0 Å². The number of carboxylic acids is 1. The van der Waals surface area contributed by atoms with Gasteiger partial charge in [-0.2, -0.15) is 0 Å². The van der Waals surface area contributed by atoms with E-state index in [1.807, 2.05) is 0 Å². The molecular formula is C14H11ClN2O5. The number of pyridine rings is 2. The highest BCUT2D eigenvalue weighted by atomic mass is 35.5. The summed E-state index contributed by atoms with van der Waals surface area (Å²) in [7, 11) is 0. The Labute approximate surface area is 128 Å². The van der Waals surface area contributed by atoms with Crippen LogP contribution in [-0.4, -0.2) is 20.4 Å². The van der Waals surface area contributed by atoms with Gasteiger partial charge in [0.1, 0.15) is 10.6 Å². The topological polar surface area (TPSA) is 102 Å². The molecule has 0 aromatic carbocycles. The highest BCUT2D eigenvalue weighted by Gasteiger charge is 2.31. The van der Waals surface area contributed by atoms with Crippen LogP contribution >= 0.6 is 11.6 Å². The summed E-state index contributed by atoms with van der Waals surface area (Å²) < 4.78 is 1.04. The summed E-state index contributed by atoms with van der Waals surface area (Å²) in [5.41, 5.74) is -0.0329. The summed E-state index contributed by atoms with van der Waals surface area (Å²) in [4.78, 5) is 34.0. The maximum absolute atomic E-state index is 12.3. The van der Waals surface area contributed by atoms with Crippen molar-refractivity contribution in [2.24, 2.45) is 0 Å². The molecule has 1 aliphatic carbocycles. The lowest BCUT2D eigenvalue weighted by Gasteiger charge is -2.13. The number of hydrogen-bond donors (Lipinski definition) is 1. The Balaban J connectivity index is 2.52. The monoisotopic (exact) mass is 322 g/mol. The first-order valence-electron chi connectivity index (χ1n) is 6.59. The van der Waals surface area contributed by atoms with E-state index in [1.54, 1.807) is 6.92 Å². The second kappa shape index (κ2) is 4.81. The van der Waals surface area contributed by atoms with Crippen LogP contribution in [0.1, 0.15) is 40.2 Å². The van der Waals surface area contributed by atoms with Crippen LogP contribution in [0.25, 0.3) is 5.52 Å². The fourth-order valence-corrected chi connectivity index (χ4v) is 2.84. The normalized spacial score (nSPS) is 14.3. The molecule has 2 aromatic rings. The predicted octanol–water partition coefficient (Wildman–Crippen LogP) is 2.75. The molecule has 2 heterocycles. The maximum atomic E-state index is 12.3. The molecule has 0 radical (unpaired) electrons. The van der Waals surface area contributed by atoms with Gasteiger partial charge in [-0.1, -0.05) is 11.6 Å². The second-order valence-corrected chi connectivity index (χ2v) is 5.70. The third kappa shape index (κ3) is 2.05. The minimum atomic E-state index is -1.35. The summed E-state index contributed by atoms with van der Waals surface area (Å²) in [6.45, 7) is 1.59. The van der Waals surface area contributed by atoms with Gasteiger partial charge < -0.3 is 5.11 Å². The van der Waals surface area contributed by atoms with E-state index in [1.165, 1.54) is 6.07 Å². The SMILES string of the molecule is Cc1c(Cl)c([N+](=O)[O-])cn2c(=O)c(C(=O)O)cc(C3CC3)c12. The first-order valence-corrected chi connectivity index (χ1v) is 6.96. The quantitative estimate of drug-likeness (QED) is 0.691. The van der Waals surface area contributed by atoms with Crippen molar-refractivity contribution >= 4 is 28.8 Å². The molecule has 1 fully saturated rings. The number of aryl methyl sites for hydroxylation is 1. The van der Waals surface area contributed by atoms with E-state index in [4.69, 9.17) is 11.6 Å². The zero-order chi connectivity index (χ0) is 16.2. The lowest BCUT2D eigenvalue weighted by atomic mass is 10.0. The third-order valence-corrected chi connectivity index (χ3v) is 4.35. The van der Waals surface area contributed by atoms with Crippen LogP contribution in [0.3, 0.4) is 0 Å². The standard InChI is InChI=1S/C14H11ClN2O5/c1-6-11(15)10(17(21)22)5-16-12(6)8(7-2-3-7)4-9(13(16)18)14(19)20/h4-5,7H,2-3H2,1H3,(H,19,20). The number of aromatic carboxylic acids is 1. The average molecular weight is 323 g/mol. The Morgan fingerprint density at radius 1 is 1.50 bits per heavy atom. The first kappa shape index (κ1) is 14.5. The van der Waals surface area contributed by atoms with Crippen molar-refractivity contribution in [3.8, 4) is 0 Å². The summed E-state index contributed by atoms with van der Waals surface area (Å²) in [5.74, 6) is -1.19. The van der Waals surface area contributed by atoms with Crippen molar-refractivity contribution in [2.75, 3.05) is 0 Å². The number of halogens is 1. The molecule has 0 saturated heterocycles. The van der Waals surface area contributed by atoms with Gasteiger partial charge in [-0.3, -0.25) is 19.3 Å². The molecular weight excluding hydrogens is 312 g/mol. The zero-order valence-electron chi connectivity index (χ0n) is 11.5. The number of hydrogen-bond acceptors (Lipinski definition) is 4. The van der Waals surface area contributed by atoms with Crippen molar-refractivity contribution in [2.45, 2.75) is 25.7 Å². The molecule has 1 N–H and O–H groups in total. The van der Waals surface area contributed by atoms with Crippen molar-refractivity contribution in [1.82, 2.24) is 4.40 Å². The molecule has 7 nitrogen and oxygen atoms in total. The van der Waals surface area contributed by atoms with Crippen molar-refractivity contribution < 1.29 is 14.8 Å². The predicted molar refractivity (Wildman–Crippen MR) is 79.0 cm³/mol. The highest BCUT2D eigenvalue weighted by Crippen LogP contribution is 2.44.